The van der Waals surface area contributed by atoms with Gasteiger partial charge in [-0.2, -0.15) is 5.10 Å². The first-order valence-electron chi connectivity index (χ1n) is 9.31. The Bertz CT molecular complexity index is 936. The van der Waals surface area contributed by atoms with Gasteiger partial charge < -0.3 is 10.2 Å². The highest BCUT2D eigenvalue weighted by Gasteiger charge is 2.29. The van der Waals surface area contributed by atoms with Crippen LogP contribution in [0.5, 0.6) is 0 Å². The van der Waals surface area contributed by atoms with Crippen LogP contribution in [0, 0.1) is 0 Å². The topological polar surface area (TPSA) is 58.9 Å². The molecule has 0 amide bonds. The molecule has 4 heterocycles. The second-order valence-corrected chi connectivity index (χ2v) is 6.95. The number of anilines is 1. The molecule has 0 radical (unpaired) electrons. The van der Waals surface area contributed by atoms with Crippen molar-refractivity contribution < 1.29 is 0 Å². The molecular weight excluding hydrogens is 324 g/mol. The zero-order valence-electron chi connectivity index (χ0n) is 14.7. The van der Waals surface area contributed by atoms with Crippen molar-refractivity contribution >= 4 is 28.9 Å². The van der Waals surface area contributed by atoms with E-state index in [1.54, 1.807) is 6.20 Å². The van der Waals surface area contributed by atoms with E-state index in [2.05, 4.69) is 49.2 Å². The van der Waals surface area contributed by atoms with Crippen molar-refractivity contribution in [3.05, 3.63) is 48.0 Å². The molecule has 0 spiro atoms. The lowest BCUT2D eigenvalue weighted by atomic mass is 10.1. The number of aromatic nitrogens is 4. The average Bonchev–Trinajstić information content (AvgIpc) is 3.49. The predicted octanol–water partition coefficient (Wildman–Crippen LogP) is 2.74. The molecule has 1 aliphatic carbocycles. The number of nitrogens with zero attached hydrogens (tertiary/aromatic N) is 5. The zero-order valence-corrected chi connectivity index (χ0v) is 14.7. The first-order valence-corrected chi connectivity index (χ1v) is 9.31. The molecule has 0 unspecified atom stereocenters. The van der Waals surface area contributed by atoms with Crippen molar-refractivity contribution in [3.63, 3.8) is 0 Å². The molecule has 1 N–H and O–H groups in total. The Kier molecular flexibility index (Phi) is 3.90. The molecule has 6 nitrogen and oxygen atoms in total. The fraction of sp³-hybridized carbons (Fsp3) is 0.350. The van der Waals surface area contributed by atoms with Crippen LogP contribution in [0.25, 0.3) is 23.2 Å². The third-order valence-corrected chi connectivity index (χ3v) is 5.07. The van der Waals surface area contributed by atoms with Gasteiger partial charge in [-0.3, -0.25) is 4.98 Å². The molecule has 3 aromatic heterocycles. The largest absolute Gasteiger partial charge is 0.368 e. The van der Waals surface area contributed by atoms with E-state index >= 15 is 0 Å². The SMILES string of the molecule is C(=Cc1nn(C2CC2)c2nccc(N3CCNCC3)c12)c1cccnc1. The lowest BCUT2D eigenvalue weighted by Crippen LogP contribution is -2.43. The van der Waals surface area contributed by atoms with E-state index in [1.807, 2.05) is 18.5 Å². The molecule has 0 bridgehead atoms. The van der Waals surface area contributed by atoms with Crippen molar-refractivity contribution in [2.24, 2.45) is 0 Å². The molecule has 6 heteroatoms. The van der Waals surface area contributed by atoms with Gasteiger partial charge in [-0.1, -0.05) is 12.1 Å². The number of piperazine rings is 1. The Labute approximate surface area is 152 Å². The van der Waals surface area contributed by atoms with Gasteiger partial charge in [-0.15, -0.1) is 0 Å². The highest BCUT2D eigenvalue weighted by atomic mass is 15.3. The van der Waals surface area contributed by atoms with Crippen LogP contribution in [0.1, 0.15) is 30.1 Å². The van der Waals surface area contributed by atoms with E-state index in [0.717, 1.165) is 43.1 Å². The van der Waals surface area contributed by atoms with Crippen LogP contribution in [0.2, 0.25) is 0 Å². The maximum atomic E-state index is 4.93. The Balaban J connectivity index is 1.62. The summed E-state index contributed by atoms with van der Waals surface area (Å²) in [5.74, 6) is 0. The predicted molar refractivity (Wildman–Crippen MR) is 104 cm³/mol. The van der Waals surface area contributed by atoms with E-state index in [-0.39, 0.29) is 0 Å². The van der Waals surface area contributed by atoms with Crippen molar-refractivity contribution in [2.45, 2.75) is 18.9 Å². The van der Waals surface area contributed by atoms with Gasteiger partial charge in [0.25, 0.3) is 0 Å². The summed E-state index contributed by atoms with van der Waals surface area (Å²) in [6, 6.07) is 6.64. The first-order chi connectivity index (χ1) is 12.9. The normalized spacial score (nSPS) is 18.1. The number of nitrogens with one attached hydrogen (secondary N) is 1. The lowest BCUT2D eigenvalue weighted by Gasteiger charge is -2.29. The van der Waals surface area contributed by atoms with Crippen LogP contribution in [0.15, 0.2) is 36.8 Å². The Hall–Kier alpha value is -2.73. The number of fused-ring (bicyclic) bond motifs is 1. The third-order valence-electron chi connectivity index (χ3n) is 5.07. The summed E-state index contributed by atoms with van der Waals surface area (Å²) >= 11 is 0. The van der Waals surface area contributed by atoms with Crippen LogP contribution >= 0.6 is 0 Å². The Morgan fingerprint density at radius 2 is 1.96 bits per heavy atom. The zero-order chi connectivity index (χ0) is 17.3. The monoisotopic (exact) mass is 346 g/mol. The van der Waals surface area contributed by atoms with E-state index < -0.39 is 0 Å². The minimum absolute atomic E-state index is 0.504. The molecule has 0 atom stereocenters. The second kappa shape index (κ2) is 6.53. The van der Waals surface area contributed by atoms with Crippen LogP contribution in [0.3, 0.4) is 0 Å². The quantitative estimate of drug-likeness (QED) is 0.787. The summed E-state index contributed by atoms with van der Waals surface area (Å²) in [7, 11) is 0. The molecular formula is C20H22N6. The van der Waals surface area contributed by atoms with E-state index in [0.29, 0.717) is 6.04 Å². The fourth-order valence-corrected chi connectivity index (χ4v) is 3.58. The first kappa shape index (κ1) is 15.5. The molecule has 3 aromatic rings. The van der Waals surface area contributed by atoms with Gasteiger partial charge in [-0.05, 0) is 36.6 Å². The Morgan fingerprint density at radius 3 is 2.73 bits per heavy atom. The van der Waals surface area contributed by atoms with Crippen molar-refractivity contribution in [1.29, 1.82) is 0 Å². The molecule has 2 fully saturated rings. The molecule has 2 aliphatic rings. The highest BCUT2D eigenvalue weighted by Crippen LogP contribution is 2.39. The maximum Gasteiger partial charge on any atom is 0.160 e. The van der Waals surface area contributed by atoms with Gasteiger partial charge in [0.1, 0.15) is 0 Å². The molecule has 1 saturated carbocycles. The molecule has 1 aliphatic heterocycles. The highest BCUT2D eigenvalue weighted by molar-refractivity contribution is 5.97. The molecule has 26 heavy (non-hydrogen) atoms. The minimum Gasteiger partial charge on any atom is -0.368 e. The van der Waals surface area contributed by atoms with Crippen LogP contribution < -0.4 is 10.2 Å². The molecule has 0 aromatic carbocycles. The summed E-state index contributed by atoms with van der Waals surface area (Å²) in [6.45, 7) is 4.06. The summed E-state index contributed by atoms with van der Waals surface area (Å²) in [6.07, 6.45) is 12.2. The molecule has 1 saturated heterocycles. The minimum atomic E-state index is 0.504. The second-order valence-electron chi connectivity index (χ2n) is 6.95. The third kappa shape index (κ3) is 2.86. The number of pyridine rings is 2. The van der Waals surface area contributed by atoms with Gasteiger partial charge in [-0.25, -0.2) is 9.67 Å². The number of rotatable bonds is 4. The van der Waals surface area contributed by atoms with Crippen molar-refractivity contribution in [3.8, 4) is 0 Å². The van der Waals surface area contributed by atoms with Crippen LogP contribution in [-0.2, 0) is 0 Å². The number of hydrogen-bond donors (Lipinski definition) is 1. The van der Waals surface area contributed by atoms with E-state index in [1.165, 1.54) is 23.9 Å². The standard InChI is InChI=1S/C20H22N6/c1-2-15(14-22-8-1)3-6-17-19-18(25-12-10-21-11-13-25)7-9-23-20(19)26(24-17)16-4-5-16/h1-3,6-9,14,16,21H,4-5,10-13H2. The summed E-state index contributed by atoms with van der Waals surface area (Å²) < 4.78 is 2.13. The van der Waals surface area contributed by atoms with Gasteiger partial charge >= 0.3 is 0 Å². The lowest BCUT2D eigenvalue weighted by molar-refractivity contribution is 0.590. The molecule has 132 valence electrons. The van der Waals surface area contributed by atoms with E-state index in [4.69, 9.17) is 5.10 Å². The van der Waals surface area contributed by atoms with Crippen LogP contribution in [-0.4, -0.2) is 45.9 Å². The van der Waals surface area contributed by atoms with Gasteiger partial charge in [0.15, 0.2) is 5.65 Å². The van der Waals surface area contributed by atoms with Crippen LogP contribution in [0.4, 0.5) is 5.69 Å². The molecule has 5 rings (SSSR count). The number of hydrogen-bond acceptors (Lipinski definition) is 5. The van der Waals surface area contributed by atoms with Gasteiger partial charge in [0, 0.05) is 44.8 Å². The average molecular weight is 346 g/mol. The van der Waals surface area contributed by atoms with Gasteiger partial charge in [0.05, 0.1) is 22.8 Å². The Morgan fingerprint density at radius 1 is 1.08 bits per heavy atom. The summed E-state index contributed by atoms with van der Waals surface area (Å²) in [4.78, 5) is 11.3. The van der Waals surface area contributed by atoms with Crippen molar-refractivity contribution in [1.82, 2.24) is 25.1 Å². The summed E-state index contributed by atoms with van der Waals surface area (Å²) in [5.41, 5.74) is 4.33. The van der Waals surface area contributed by atoms with E-state index in [9.17, 15) is 0 Å². The summed E-state index contributed by atoms with van der Waals surface area (Å²) in [5, 5.41) is 9.52. The smallest absolute Gasteiger partial charge is 0.160 e. The van der Waals surface area contributed by atoms with Gasteiger partial charge in [0.2, 0.25) is 0 Å². The fourth-order valence-electron chi connectivity index (χ4n) is 3.58. The maximum absolute atomic E-state index is 4.93. The van der Waals surface area contributed by atoms with Crippen molar-refractivity contribution in [2.75, 3.05) is 31.1 Å².